The zero-order valence-corrected chi connectivity index (χ0v) is 14.7. The van der Waals surface area contributed by atoms with Gasteiger partial charge in [0.2, 0.25) is 10.0 Å². The molecular weight excluding hydrogens is 364 g/mol. The summed E-state index contributed by atoms with van der Waals surface area (Å²) in [6.07, 6.45) is 1.44. The molecule has 20 heavy (non-hydrogen) atoms. The van der Waals surface area contributed by atoms with Gasteiger partial charge >= 0.3 is 0 Å². The minimum atomic E-state index is -3.49. The molecule has 0 bridgehead atoms. The van der Waals surface area contributed by atoms with Crippen LogP contribution < -0.4 is 5.73 Å². The Kier molecular flexibility index (Phi) is 5.25. The SMILES string of the molecule is COC1CCN(S(=O)(=O)c2cc(Br)sc2C)C(CN)C1. The highest BCUT2D eigenvalue weighted by atomic mass is 79.9. The molecule has 1 aromatic heterocycles. The molecule has 1 aliphatic rings. The molecule has 1 saturated heterocycles. The molecule has 2 rings (SSSR count). The van der Waals surface area contributed by atoms with Crippen LogP contribution in [-0.2, 0) is 14.8 Å². The first kappa shape index (κ1) is 16.4. The fourth-order valence-electron chi connectivity index (χ4n) is 2.55. The fourth-order valence-corrected chi connectivity index (χ4v) is 6.60. The van der Waals surface area contributed by atoms with Gasteiger partial charge in [-0.05, 0) is 41.8 Å². The third-order valence-corrected chi connectivity index (χ3v) is 7.41. The average Bonchev–Trinajstić information content (AvgIpc) is 2.77. The van der Waals surface area contributed by atoms with Gasteiger partial charge < -0.3 is 10.5 Å². The lowest BCUT2D eigenvalue weighted by atomic mass is 10.0. The quantitative estimate of drug-likeness (QED) is 0.863. The zero-order chi connectivity index (χ0) is 14.9. The van der Waals surface area contributed by atoms with Crippen molar-refractivity contribution in [2.24, 2.45) is 5.73 Å². The number of methoxy groups -OCH3 is 1. The van der Waals surface area contributed by atoms with Crippen molar-refractivity contribution in [1.29, 1.82) is 0 Å². The van der Waals surface area contributed by atoms with Crippen LogP contribution in [0.4, 0.5) is 0 Å². The van der Waals surface area contributed by atoms with Gasteiger partial charge in [0, 0.05) is 31.1 Å². The number of halogens is 1. The number of sulfonamides is 1. The van der Waals surface area contributed by atoms with Crippen molar-refractivity contribution in [3.63, 3.8) is 0 Å². The molecule has 2 N–H and O–H groups in total. The van der Waals surface area contributed by atoms with Gasteiger partial charge in [-0.15, -0.1) is 11.3 Å². The van der Waals surface area contributed by atoms with Gasteiger partial charge in [-0.25, -0.2) is 8.42 Å². The minimum Gasteiger partial charge on any atom is -0.381 e. The lowest BCUT2D eigenvalue weighted by Crippen LogP contribution is -2.51. The van der Waals surface area contributed by atoms with Gasteiger partial charge in [0.1, 0.15) is 0 Å². The lowest BCUT2D eigenvalue weighted by Gasteiger charge is -2.37. The predicted molar refractivity (Wildman–Crippen MR) is 83.5 cm³/mol. The summed E-state index contributed by atoms with van der Waals surface area (Å²) in [6, 6.07) is 1.47. The van der Waals surface area contributed by atoms with E-state index in [4.69, 9.17) is 10.5 Å². The van der Waals surface area contributed by atoms with Crippen LogP contribution in [0.15, 0.2) is 14.7 Å². The number of hydrogen-bond acceptors (Lipinski definition) is 5. The fraction of sp³-hybridized carbons (Fsp3) is 0.667. The first-order valence-corrected chi connectivity index (χ1v) is 9.45. The normalized spacial score (nSPS) is 25.0. The summed E-state index contributed by atoms with van der Waals surface area (Å²) >= 11 is 4.77. The molecule has 8 heteroatoms. The maximum absolute atomic E-state index is 12.8. The molecule has 2 heterocycles. The van der Waals surface area contributed by atoms with Gasteiger partial charge in [0.05, 0.1) is 14.8 Å². The number of ether oxygens (including phenoxy) is 1. The Balaban J connectivity index is 2.31. The van der Waals surface area contributed by atoms with Crippen molar-refractivity contribution in [2.45, 2.75) is 36.8 Å². The second-order valence-corrected chi connectivity index (χ2v) is 9.35. The van der Waals surface area contributed by atoms with Crippen LogP contribution in [-0.4, -0.2) is 45.1 Å². The highest BCUT2D eigenvalue weighted by molar-refractivity contribution is 9.11. The summed E-state index contributed by atoms with van der Waals surface area (Å²) in [5.74, 6) is 0. The second-order valence-electron chi connectivity index (χ2n) is 4.86. The topological polar surface area (TPSA) is 72.6 Å². The van der Waals surface area contributed by atoms with Gasteiger partial charge in [-0.1, -0.05) is 0 Å². The number of thiophene rings is 1. The summed E-state index contributed by atoms with van der Waals surface area (Å²) in [5.41, 5.74) is 5.76. The Morgan fingerprint density at radius 2 is 2.30 bits per heavy atom. The van der Waals surface area contributed by atoms with E-state index in [0.717, 1.165) is 8.66 Å². The van der Waals surface area contributed by atoms with Gasteiger partial charge in [-0.3, -0.25) is 0 Å². The number of nitrogens with zero attached hydrogens (tertiary/aromatic N) is 1. The summed E-state index contributed by atoms with van der Waals surface area (Å²) in [4.78, 5) is 1.17. The average molecular weight is 383 g/mol. The monoisotopic (exact) mass is 382 g/mol. The van der Waals surface area contributed by atoms with E-state index in [1.54, 1.807) is 13.2 Å². The van der Waals surface area contributed by atoms with Gasteiger partial charge in [0.25, 0.3) is 0 Å². The van der Waals surface area contributed by atoms with Crippen molar-refractivity contribution in [1.82, 2.24) is 4.31 Å². The first-order chi connectivity index (χ1) is 9.40. The van der Waals surface area contributed by atoms with Crippen molar-refractivity contribution in [3.05, 3.63) is 14.7 Å². The van der Waals surface area contributed by atoms with Crippen LogP contribution in [0.5, 0.6) is 0 Å². The van der Waals surface area contributed by atoms with Crippen molar-refractivity contribution < 1.29 is 13.2 Å². The summed E-state index contributed by atoms with van der Waals surface area (Å²) < 4.78 is 33.3. The van der Waals surface area contributed by atoms with E-state index in [2.05, 4.69) is 15.9 Å². The Bertz CT molecular complexity index is 573. The van der Waals surface area contributed by atoms with Crippen molar-refractivity contribution in [3.8, 4) is 0 Å². The van der Waals surface area contributed by atoms with E-state index in [1.165, 1.54) is 15.6 Å². The number of nitrogens with two attached hydrogens (primary N) is 1. The molecule has 2 unspecified atom stereocenters. The van der Waals surface area contributed by atoms with Crippen molar-refractivity contribution >= 4 is 37.3 Å². The second kappa shape index (κ2) is 6.41. The third kappa shape index (κ3) is 3.10. The maximum Gasteiger partial charge on any atom is 0.244 e. The largest absolute Gasteiger partial charge is 0.381 e. The Hall–Kier alpha value is 0.01000. The molecule has 114 valence electrons. The molecule has 0 amide bonds. The van der Waals surface area contributed by atoms with Crippen LogP contribution in [0.2, 0.25) is 0 Å². The molecular formula is C12H19BrN2O3S2. The zero-order valence-electron chi connectivity index (χ0n) is 11.5. The molecule has 2 atom stereocenters. The minimum absolute atomic E-state index is 0.0882. The predicted octanol–water partition coefficient (Wildman–Crippen LogP) is 1.95. The summed E-state index contributed by atoms with van der Waals surface area (Å²) in [5, 5.41) is 0. The van der Waals surface area contributed by atoms with Crippen LogP contribution >= 0.6 is 27.3 Å². The molecule has 0 saturated carbocycles. The van der Waals surface area contributed by atoms with Gasteiger partial charge in [0.15, 0.2) is 0 Å². The molecule has 1 fully saturated rings. The van der Waals surface area contributed by atoms with Crippen LogP contribution in [0, 0.1) is 6.92 Å². The summed E-state index contributed by atoms with van der Waals surface area (Å²) in [7, 11) is -1.83. The van der Waals surface area contributed by atoms with Crippen LogP contribution in [0.3, 0.4) is 0 Å². The van der Waals surface area contributed by atoms with Crippen LogP contribution in [0.1, 0.15) is 17.7 Å². The maximum atomic E-state index is 12.8. The number of rotatable bonds is 4. The van der Waals surface area contributed by atoms with E-state index >= 15 is 0 Å². The third-order valence-electron chi connectivity index (χ3n) is 3.65. The van der Waals surface area contributed by atoms with Crippen LogP contribution in [0.25, 0.3) is 0 Å². The smallest absolute Gasteiger partial charge is 0.244 e. The number of piperidine rings is 1. The molecule has 0 aromatic carbocycles. The first-order valence-electron chi connectivity index (χ1n) is 6.40. The molecule has 5 nitrogen and oxygen atoms in total. The lowest BCUT2D eigenvalue weighted by molar-refractivity contribution is 0.0401. The van der Waals surface area contributed by atoms with Gasteiger partial charge in [-0.2, -0.15) is 4.31 Å². The summed E-state index contributed by atoms with van der Waals surface area (Å²) in [6.45, 7) is 2.58. The standard InChI is InChI=1S/C12H19BrN2O3S2/c1-8-11(6-12(13)19-8)20(16,17)15-4-3-10(18-2)5-9(15)7-14/h6,9-10H,3-5,7,14H2,1-2H3. The van der Waals surface area contributed by atoms with E-state index in [9.17, 15) is 8.42 Å². The Labute approximate surface area is 132 Å². The number of hydrogen-bond donors (Lipinski definition) is 1. The molecule has 1 aromatic rings. The number of aryl methyl sites for hydroxylation is 1. The van der Waals surface area contributed by atoms with E-state index < -0.39 is 10.0 Å². The highest BCUT2D eigenvalue weighted by Gasteiger charge is 2.37. The van der Waals surface area contributed by atoms with E-state index in [1.807, 2.05) is 6.92 Å². The Morgan fingerprint density at radius 3 is 2.80 bits per heavy atom. The molecule has 0 aliphatic carbocycles. The molecule has 0 spiro atoms. The Morgan fingerprint density at radius 1 is 1.60 bits per heavy atom. The van der Waals surface area contributed by atoms with E-state index in [-0.39, 0.29) is 12.1 Å². The molecule has 1 aliphatic heterocycles. The highest BCUT2D eigenvalue weighted by Crippen LogP contribution is 2.34. The molecule has 0 radical (unpaired) electrons. The van der Waals surface area contributed by atoms with E-state index in [0.29, 0.717) is 30.8 Å². The van der Waals surface area contributed by atoms with Crippen molar-refractivity contribution in [2.75, 3.05) is 20.2 Å².